The van der Waals surface area contributed by atoms with Gasteiger partial charge in [0.05, 0.1) is 33.2 Å². The average molecular weight is 445 g/mol. The van der Waals surface area contributed by atoms with E-state index in [9.17, 15) is 9.65 Å². The summed E-state index contributed by atoms with van der Waals surface area (Å²) in [5, 5.41) is 13.0. The van der Waals surface area contributed by atoms with Gasteiger partial charge in [-0.15, -0.1) is 0 Å². The molecule has 2 fully saturated rings. The van der Waals surface area contributed by atoms with E-state index in [1.54, 1.807) is 25.5 Å². The van der Waals surface area contributed by atoms with Crippen molar-refractivity contribution in [3.05, 3.63) is 47.9 Å². The van der Waals surface area contributed by atoms with E-state index in [-0.39, 0.29) is 16.8 Å². The summed E-state index contributed by atoms with van der Waals surface area (Å²) in [6.07, 6.45) is 6.75. The minimum Gasteiger partial charge on any atom is -0.386 e. The first-order chi connectivity index (χ1) is 16.0. The Morgan fingerprint density at radius 2 is 2.09 bits per heavy atom. The maximum Gasteiger partial charge on any atom is 0.169 e. The zero-order valence-electron chi connectivity index (χ0n) is 17.9. The van der Waals surface area contributed by atoms with Gasteiger partial charge in [0, 0.05) is 67.4 Å². The van der Waals surface area contributed by atoms with Crippen molar-refractivity contribution in [2.45, 2.75) is 18.9 Å². The molecule has 4 N–H and O–H groups in total. The third-order valence-electron chi connectivity index (χ3n) is 7.17. The maximum absolute atomic E-state index is 15.3. The smallest absolute Gasteiger partial charge is 0.169 e. The van der Waals surface area contributed by atoms with Crippen molar-refractivity contribution in [1.82, 2.24) is 15.0 Å². The highest BCUT2D eigenvalue weighted by molar-refractivity contribution is 6.18. The van der Waals surface area contributed by atoms with Crippen LogP contribution in [0.15, 0.2) is 30.7 Å². The molecule has 1 saturated heterocycles. The van der Waals surface area contributed by atoms with E-state index in [2.05, 4.69) is 31.2 Å². The molecule has 4 aromatic rings. The molecule has 1 aliphatic heterocycles. The lowest BCUT2D eigenvalue weighted by molar-refractivity contribution is 0.518. The summed E-state index contributed by atoms with van der Waals surface area (Å²) in [7, 11) is 1.66. The summed E-state index contributed by atoms with van der Waals surface area (Å²) in [6, 6.07) is 5.14. The highest BCUT2D eigenvalue weighted by Crippen LogP contribution is 2.54. The minimum absolute atomic E-state index is 0.0612. The number of nitrogens with zero attached hydrogens (tertiary/aromatic N) is 4. The number of hydrogen-bond donors (Lipinski definition) is 3. The second-order valence-corrected chi connectivity index (χ2v) is 9.01. The Morgan fingerprint density at radius 3 is 2.79 bits per heavy atom. The van der Waals surface area contributed by atoms with Gasteiger partial charge >= 0.3 is 0 Å². The second kappa shape index (κ2) is 6.86. The molecule has 0 bridgehead atoms. The summed E-state index contributed by atoms with van der Waals surface area (Å²) < 4.78 is 29.9. The van der Waals surface area contributed by atoms with Gasteiger partial charge in [-0.2, -0.15) is 5.26 Å². The van der Waals surface area contributed by atoms with Gasteiger partial charge in [-0.1, -0.05) is 0 Å². The predicted octanol–water partition coefficient (Wildman–Crippen LogP) is 3.90. The number of benzene rings is 1. The Kier molecular flexibility index (Phi) is 4.13. The van der Waals surface area contributed by atoms with Crippen LogP contribution in [0.3, 0.4) is 0 Å². The highest BCUT2D eigenvalue weighted by Gasteiger charge is 2.55. The van der Waals surface area contributed by atoms with E-state index in [0.717, 1.165) is 37.7 Å². The number of halogens is 2. The summed E-state index contributed by atoms with van der Waals surface area (Å²) >= 11 is 0. The van der Waals surface area contributed by atoms with Crippen molar-refractivity contribution in [3.63, 3.8) is 0 Å². The van der Waals surface area contributed by atoms with Gasteiger partial charge in [0.25, 0.3) is 0 Å². The second-order valence-electron chi connectivity index (χ2n) is 9.01. The molecular formula is C24H21F2N7. The van der Waals surface area contributed by atoms with Crippen molar-refractivity contribution in [2.75, 3.05) is 30.4 Å². The standard InChI is InChI=1S/C24H21F2N7/c1-29-16-5-15(25)20(26)18-19-22(33-3-2-24(11-33)6-17(24)28)14(10-31-23(19)32-21(16)18)13-4-12(7-27)8-30-9-13/h4-5,8-10,17,29H,2-3,6,11,28H2,1H3,(H,31,32)/t17?,24-/m1/s1. The van der Waals surface area contributed by atoms with Crippen LogP contribution >= 0.6 is 0 Å². The van der Waals surface area contributed by atoms with Gasteiger partial charge in [-0.05, 0) is 18.9 Å². The molecule has 6 rings (SSSR count). The number of fused-ring (bicyclic) bond motifs is 3. The lowest BCUT2D eigenvalue weighted by atomic mass is 10.0. The first kappa shape index (κ1) is 19.9. The molecule has 7 nitrogen and oxygen atoms in total. The van der Waals surface area contributed by atoms with Crippen LogP contribution in [0.25, 0.3) is 33.1 Å². The average Bonchev–Trinajstić information content (AvgIpc) is 3.16. The third-order valence-corrected chi connectivity index (χ3v) is 7.17. The number of aromatic nitrogens is 3. The molecule has 0 radical (unpaired) electrons. The quantitative estimate of drug-likeness (QED) is 0.442. The lowest BCUT2D eigenvalue weighted by Gasteiger charge is -2.23. The molecule has 166 valence electrons. The van der Waals surface area contributed by atoms with Crippen molar-refractivity contribution in [3.8, 4) is 17.2 Å². The van der Waals surface area contributed by atoms with E-state index in [1.165, 1.54) is 6.20 Å². The molecule has 0 amide bonds. The first-order valence-electron chi connectivity index (χ1n) is 10.8. The molecule has 33 heavy (non-hydrogen) atoms. The van der Waals surface area contributed by atoms with Crippen LogP contribution in [0.5, 0.6) is 0 Å². The Balaban J connectivity index is 1.69. The summed E-state index contributed by atoms with van der Waals surface area (Å²) in [6.45, 7) is 1.47. The zero-order valence-corrected chi connectivity index (χ0v) is 17.9. The fourth-order valence-electron chi connectivity index (χ4n) is 5.26. The largest absolute Gasteiger partial charge is 0.386 e. The fourth-order valence-corrected chi connectivity index (χ4v) is 5.26. The first-order valence-corrected chi connectivity index (χ1v) is 10.8. The molecule has 1 saturated carbocycles. The summed E-state index contributed by atoms with van der Waals surface area (Å²) in [5.41, 5.74) is 10.3. The molecule has 4 heterocycles. The van der Waals surface area contributed by atoms with Crippen molar-refractivity contribution < 1.29 is 8.78 Å². The SMILES string of the molecule is CNc1cc(F)c(F)c2c1[nH]c1ncc(-c3cncc(C#N)c3)c(N3CC[C@@]4(CC4N)C3)c12. The molecule has 1 unspecified atom stereocenters. The van der Waals surface area contributed by atoms with Crippen molar-refractivity contribution in [2.24, 2.45) is 11.1 Å². The van der Waals surface area contributed by atoms with Crippen LogP contribution in [0, 0.1) is 28.4 Å². The van der Waals surface area contributed by atoms with Gasteiger partial charge in [0.2, 0.25) is 0 Å². The van der Waals surface area contributed by atoms with E-state index in [0.29, 0.717) is 38.9 Å². The topological polar surface area (TPSA) is 107 Å². The Bertz CT molecular complexity index is 1490. The van der Waals surface area contributed by atoms with Crippen LogP contribution in [-0.2, 0) is 0 Å². The number of nitrogens with one attached hydrogen (secondary N) is 2. The van der Waals surface area contributed by atoms with E-state index < -0.39 is 11.6 Å². The Labute approximate surface area is 188 Å². The van der Waals surface area contributed by atoms with Gasteiger partial charge in [-0.3, -0.25) is 4.98 Å². The van der Waals surface area contributed by atoms with Crippen LogP contribution in [0.4, 0.5) is 20.2 Å². The van der Waals surface area contributed by atoms with Gasteiger partial charge in [0.15, 0.2) is 11.6 Å². The third kappa shape index (κ3) is 2.80. The number of nitrogens with two attached hydrogens (primary N) is 1. The summed E-state index contributed by atoms with van der Waals surface area (Å²) in [4.78, 5) is 14.1. The number of rotatable bonds is 3. The lowest BCUT2D eigenvalue weighted by Crippen LogP contribution is -2.23. The summed E-state index contributed by atoms with van der Waals surface area (Å²) in [5.74, 6) is -1.85. The van der Waals surface area contributed by atoms with Crippen LogP contribution in [0.2, 0.25) is 0 Å². The van der Waals surface area contributed by atoms with Crippen LogP contribution in [0.1, 0.15) is 18.4 Å². The van der Waals surface area contributed by atoms with E-state index in [4.69, 9.17) is 5.73 Å². The number of nitriles is 1. The highest BCUT2D eigenvalue weighted by atomic mass is 19.2. The van der Waals surface area contributed by atoms with Gasteiger partial charge < -0.3 is 20.9 Å². The number of anilines is 2. The molecule has 3 aromatic heterocycles. The number of hydrogen-bond acceptors (Lipinski definition) is 6. The van der Waals surface area contributed by atoms with Crippen molar-refractivity contribution in [1.29, 1.82) is 5.26 Å². The molecule has 2 atom stereocenters. The Hall–Kier alpha value is -3.77. The molecular weight excluding hydrogens is 424 g/mol. The maximum atomic E-state index is 15.3. The fraction of sp³-hybridized carbons (Fsp3) is 0.292. The zero-order chi connectivity index (χ0) is 22.9. The van der Waals surface area contributed by atoms with Crippen LogP contribution < -0.4 is 16.0 Å². The van der Waals surface area contributed by atoms with Gasteiger partial charge in [0.1, 0.15) is 11.7 Å². The van der Waals surface area contributed by atoms with E-state index >= 15 is 4.39 Å². The monoisotopic (exact) mass is 445 g/mol. The minimum atomic E-state index is -0.931. The molecule has 2 aliphatic rings. The predicted molar refractivity (Wildman–Crippen MR) is 123 cm³/mol. The molecule has 1 spiro atoms. The molecule has 9 heteroatoms. The number of pyridine rings is 2. The van der Waals surface area contributed by atoms with Crippen LogP contribution in [-0.4, -0.2) is 41.1 Å². The number of H-pyrrole nitrogens is 1. The van der Waals surface area contributed by atoms with Crippen molar-refractivity contribution >= 4 is 33.3 Å². The van der Waals surface area contributed by atoms with Gasteiger partial charge in [-0.25, -0.2) is 13.8 Å². The van der Waals surface area contributed by atoms with E-state index in [1.807, 2.05) is 0 Å². The molecule has 1 aliphatic carbocycles. The normalized spacial score (nSPS) is 21.8. The Morgan fingerprint density at radius 1 is 1.27 bits per heavy atom. The number of aromatic amines is 1. The molecule has 1 aromatic carbocycles.